The smallest absolute Gasteiger partial charge is 0.378 e. The average molecular weight is 337 g/mol. The number of rotatable bonds is 3. The Morgan fingerprint density at radius 3 is 2.72 bits per heavy atom. The van der Waals surface area contributed by atoms with Crippen LogP contribution in [0.15, 0.2) is 34.2 Å². The first kappa shape index (κ1) is 13.4. The largest absolute Gasteiger partial charge is 0.418 e. The van der Waals surface area contributed by atoms with Crippen LogP contribution in [-0.4, -0.2) is 4.98 Å². The molecule has 1 aromatic carbocycles. The highest BCUT2D eigenvalue weighted by molar-refractivity contribution is 9.10. The van der Waals surface area contributed by atoms with Gasteiger partial charge in [-0.3, -0.25) is 0 Å². The van der Waals surface area contributed by atoms with Crippen molar-refractivity contribution in [2.45, 2.75) is 12.7 Å². The fourth-order valence-electron chi connectivity index (χ4n) is 1.42. The molecule has 0 saturated heterocycles. The van der Waals surface area contributed by atoms with Crippen LogP contribution < -0.4 is 5.32 Å². The van der Waals surface area contributed by atoms with Crippen LogP contribution in [0.5, 0.6) is 0 Å². The van der Waals surface area contributed by atoms with Gasteiger partial charge in [-0.05, 0) is 18.2 Å². The number of hydrogen-bond acceptors (Lipinski definition) is 3. The standard InChI is InChI=1S/C11H8BrF3N2S/c12-7-1-2-8(11(13,14)15)9(5-7)17-6-10-16-3-4-18-10/h1-5,17H,6H2. The highest BCUT2D eigenvalue weighted by Gasteiger charge is 2.33. The summed E-state index contributed by atoms with van der Waals surface area (Å²) in [6.45, 7) is 0.275. The molecule has 2 aromatic rings. The van der Waals surface area contributed by atoms with Crippen molar-refractivity contribution in [3.05, 3.63) is 44.8 Å². The second kappa shape index (κ2) is 5.27. The van der Waals surface area contributed by atoms with Crippen molar-refractivity contribution in [2.75, 3.05) is 5.32 Å². The highest BCUT2D eigenvalue weighted by atomic mass is 79.9. The molecule has 18 heavy (non-hydrogen) atoms. The zero-order chi connectivity index (χ0) is 13.2. The Hall–Kier alpha value is -1.08. The van der Waals surface area contributed by atoms with E-state index in [0.29, 0.717) is 4.47 Å². The van der Waals surface area contributed by atoms with Gasteiger partial charge < -0.3 is 5.32 Å². The zero-order valence-electron chi connectivity index (χ0n) is 8.96. The molecule has 0 unspecified atom stereocenters. The van der Waals surface area contributed by atoms with Crippen molar-refractivity contribution < 1.29 is 13.2 Å². The number of nitrogens with one attached hydrogen (secondary N) is 1. The third kappa shape index (κ3) is 3.23. The summed E-state index contributed by atoms with van der Waals surface area (Å²) < 4.78 is 38.9. The molecule has 1 aromatic heterocycles. The third-order valence-electron chi connectivity index (χ3n) is 2.20. The van der Waals surface area contributed by atoms with Gasteiger partial charge in [0.25, 0.3) is 0 Å². The predicted molar refractivity (Wildman–Crippen MR) is 68.6 cm³/mol. The van der Waals surface area contributed by atoms with Gasteiger partial charge in [0.2, 0.25) is 0 Å². The van der Waals surface area contributed by atoms with Crippen molar-refractivity contribution in [2.24, 2.45) is 0 Å². The Morgan fingerprint density at radius 1 is 1.33 bits per heavy atom. The molecular weight excluding hydrogens is 329 g/mol. The van der Waals surface area contributed by atoms with E-state index >= 15 is 0 Å². The van der Waals surface area contributed by atoms with Crippen molar-refractivity contribution in [3.8, 4) is 0 Å². The van der Waals surface area contributed by atoms with Crippen molar-refractivity contribution in [3.63, 3.8) is 0 Å². The number of aromatic nitrogens is 1. The van der Waals surface area contributed by atoms with Crippen molar-refractivity contribution >= 4 is 33.0 Å². The van der Waals surface area contributed by atoms with E-state index in [1.54, 1.807) is 11.6 Å². The van der Waals surface area contributed by atoms with Crippen LogP contribution in [0.4, 0.5) is 18.9 Å². The van der Waals surface area contributed by atoms with Gasteiger partial charge in [-0.25, -0.2) is 4.98 Å². The van der Waals surface area contributed by atoms with E-state index in [4.69, 9.17) is 0 Å². The quantitative estimate of drug-likeness (QED) is 0.890. The summed E-state index contributed by atoms with van der Waals surface area (Å²) >= 11 is 4.55. The Labute approximate surface area is 114 Å². The molecule has 1 N–H and O–H groups in total. The summed E-state index contributed by atoms with van der Waals surface area (Å²) in [4.78, 5) is 4.01. The minimum absolute atomic E-state index is 0.0482. The molecular formula is C11H8BrF3N2S. The molecule has 0 amide bonds. The van der Waals surface area contributed by atoms with E-state index in [2.05, 4.69) is 26.2 Å². The normalized spacial score (nSPS) is 11.6. The molecule has 0 spiro atoms. The predicted octanol–water partition coefficient (Wildman–Crippen LogP) is 4.54. The number of hydrogen-bond donors (Lipinski definition) is 1. The molecule has 0 radical (unpaired) electrons. The van der Waals surface area contributed by atoms with E-state index in [1.807, 2.05) is 0 Å². The number of benzene rings is 1. The maximum atomic E-state index is 12.8. The van der Waals surface area contributed by atoms with Gasteiger partial charge >= 0.3 is 6.18 Å². The molecule has 0 atom stereocenters. The first-order valence-electron chi connectivity index (χ1n) is 4.96. The van der Waals surface area contributed by atoms with Crippen LogP contribution in [0.1, 0.15) is 10.6 Å². The number of anilines is 1. The minimum Gasteiger partial charge on any atom is -0.378 e. The van der Waals surface area contributed by atoms with E-state index in [-0.39, 0.29) is 12.2 Å². The van der Waals surface area contributed by atoms with Gasteiger partial charge in [-0.1, -0.05) is 15.9 Å². The Kier molecular flexibility index (Phi) is 3.91. The lowest BCUT2D eigenvalue weighted by Crippen LogP contribution is -2.10. The highest BCUT2D eigenvalue weighted by Crippen LogP contribution is 2.36. The summed E-state index contributed by atoms with van der Waals surface area (Å²) in [5, 5.41) is 5.28. The van der Waals surface area contributed by atoms with E-state index in [9.17, 15) is 13.2 Å². The zero-order valence-corrected chi connectivity index (χ0v) is 11.4. The van der Waals surface area contributed by atoms with Crippen LogP contribution in [0.3, 0.4) is 0 Å². The first-order chi connectivity index (χ1) is 8.47. The van der Waals surface area contributed by atoms with Crippen LogP contribution in [-0.2, 0) is 12.7 Å². The molecule has 96 valence electrons. The summed E-state index contributed by atoms with van der Waals surface area (Å²) in [5.41, 5.74) is -0.630. The molecule has 1 heterocycles. The monoisotopic (exact) mass is 336 g/mol. The second-order valence-electron chi connectivity index (χ2n) is 3.47. The third-order valence-corrected chi connectivity index (χ3v) is 3.47. The van der Waals surface area contributed by atoms with E-state index in [0.717, 1.165) is 11.1 Å². The van der Waals surface area contributed by atoms with Gasteiger partial charge in [-0.15, -0.1) is 11.3 Å². The second-order valence-corrected chi connectivity index (χ2v) is 5.36. The van der Waals surface area contributed by atoms with Crippen LogP contribution in [0.2, 0.25) is 0 Å². The molecule has 2 rings (SSSR count). The van der Waals surface area contributed by atoms with Gasteiger partial charge in [0.1, 0.15) is 5.01 Å². The van der Waals surface area contributed by atoms with Crippen LogP contribution in [0.25, 0.3) is 0 Å². The average Bonchev–Trinajstić information content (AvgIpc) is 2.77. The van der Waals surface area contributed by atoms with Crippen molar-refractivity contribution in [1.82, 2.24) is 4.98 Å². The Morgan fingerprint density at radius 2 is 2.11 bits per heavy atom. The van der Waals surface area contributed by atoms with E-state index in [1.165, 1.54) is 23.5 Å². The van der Waals surface area contributed by atoms with Gasteiger partial charge in [0, 0.05) is 21.7 Å². The summed E-state index contributed by atoms with van der Waals surface area (Å²) in [6, 6.07) is 3.84. The van der Waals surface area contributed by atoms with Crippen molar-refractivity contribution in [1.29, 1.82) is 0 Å². The summed E-state index contributed by atoms with van der Waals surface area (Å²) in [6.07, 6.45) is -2.75. The fourth-order valence-corrected chi connectivity index (χ4v) is 2.34. The summed E-state index contributed by atoms with van der Waals surface area (Å²) in [7, 11) is 0. The maximum Gasteiger partial charge on any atom is 0.418 e. The molecule has 0 bridgehead atoms. The molecule has 0 saturated carbocycles. The maximum absolute atomic E-state index is 12.8. The first-order valence-corrected chi connectivity index (χ1v) is 6.63. The molecule has 2 nitrogen and oxygen atoms in total. The Bertz CT molecular complexity index is 526. The Balaban J connectivity index is 2.23. The lowest BCUT2D eigenvalue weighted by molar-refractivity contribution is -0.137. The number of halogens is 4. The lowest BCUT2D eigenvalue weighted by atomic mass is 10.1. The molecule has 7 heteroatoms. The molecule has 0 aliphatic carbocycles. The fraction of sp³-hybridized carbons (Fsp3) is 0.182. The molecule has 0 aliphatic rings. The molecule has 0 aliphatic heterocycles. The van der Waals surface area contributed by atoms with Crippen LogP contribution >= 0.6 is 27.3 Å². The summed E-state index contributed by atoms with van der Waals surface area (Å²) in [5.74, 6) is 0. The van der Waals surface area contributed by atoms with E-state index < -0.39 is 11.7 Å². The van der Waals surface area contributed by atoms with Gasteiger partial charge in [0.15, 0.2) is 0 Å². The number of thiazole rings is 1. The van der Waals surface area contributed by atoms with Crippen LogP contribution in [0, 0.1) is 0 Å². The topological polar surface area (TPSA) is 24.9 Å². The number of alkyl halides is 3. The number of nitrogens with zero attached hydrogens (tertiary/aromatic N) is 1. The minimum atomic E-state index is -4.37. The molecule has 0 fully saturated rings. The van der Waals surface area contributed by atoms with Gasteiger partial charge in [-0.2, -0.15) is 13.2 Å². The SMILES string of the molecule is FC(F)(F)c1ccc(Br)cc1NCc1nccs1. The lowest BCUT2D eigenvalue weighted by Gasteiger charge is -2.14. The van der Waals surface area contributed by atoms with Gasteiger partial charge in [0.05, 0.1) is 12.1 Å².